The molecule has 3 fully saturated rings. The van der Waals surface area contributed by atoms with Gasteiger partial charge in [0.1, 0.15) is 11.5 Å². The first-order valence-corrected chi connectivity index (χ1v) is 36.8. The first-order valence-electron chi connectivity index (χ1n) is 30.1. The van der Waals surface area contributed by atoms with E-state index in [-0.39, 0.29) is 117 Å². The molecule has 502 valence electrons. The molecule has 6 atom stereocenters. The fourth-order valence-corrected chi connectivity index (χ4v) is 14.8. The number of fused-ring (bicyclic) bond motifs is 9. The number of nitrogens with zero attached hydrogens (tertiary/aromatic N) is 7. The van der Waals surface area contributed by atoms with E-state index in [1.807, 2.05) is 33.9 Å². The number of hydrogen-bond donors (Lipinski definition) is 5. The van der Waals surface area contributed by atoms with Gasteiger partial charge in [0.15, 0.2) is 0 Å². The number of carboxylic acids is 1. The minimum Gasteiger partial charge on any atom is -0.750 e. The van der Waals surface area contributed by atoms with Crippen LogP contribution < -0.4 is 15.4 Å². The molecule has 4 unspecified atom stereocenters. The monoisotopic (exact) mass is 1420 g/mol. The summed E-state index contributed by atoms with van der Waals surface area (Å²) in [6.07, 6.45) is 19.4. The number of amides is 2. The molecule has 3 aromatic heterocycles. The van der Waals surface area contributed by atoms with E-state index >= 15 is 0 Å². The molecular formula is C61H83InN9O19S2-. The normalized spacial score (nSPS) is 19.1. The van der Waals surface area contributed by atoms with Gasteiger partial charge in [-0.15, -0.1) is 12.8 Å². The van der Waals surface area contributed by atoms with Crippen molar-refractivity contribution in [2.45, 2.75) is 110 Å². The van der Waals surface area contributed by atoms with E-state index in [0.717, 1.165) is 47.8 Å². The van der Waals surface area contributed by atoms with Crippen LogP contribution in [0.4, 0.5) is 0 Å². The summed E-state index contributed by atoms with van der Waals surface area (Å²) in [4.78, 5) is 121. The van der Waals surface area contributed by atoms with Crippen molar-refractivity contribution in [3.8, 4) is 18.6 Å². The Morgan fingerprint density at radius 2 is 1.43 bits per heavy atom. The Morgan fingerprint density at radius 3 is 2.04 bits per heavy atom. The van der Waals surface area contributed by atoms with Gasteiger partial charge in [0.05, 0.1) is 36.6 Å². The smallest absolute Gasteiger partial charge is 0.305 e. The number of nitrogens with one attached hydrogen (secondary N) is 2. The molecule has 0 radical (unpaired) electrons. The van der Waals surface area contributed by atoms with Gasteiger partial charge in [0, 0.05) is 66.4 Å². The minimum absolute atomic E-state index is 0. The number of aryl methyl sites for hydroxylation is 4. The molecule has 31 heteroatoms. The van der Waals surface area contributed by atoms with Gasteiger partial charge in [0.25, 0.3) is 10.1 Å². The van der Waals surface area contributed by atoms with Gasteiger partial charge in [-0.2, -0.15) is 8.42 Å². The van der Waals surface area contributed by atoms with Crippen molar-refractivity contribution in [2.24, 2.45) is 5.92 Å². The van der Waals surface area contributed by atoms with E-state index in [1.54, 1.807) is 33.9 Å². The number of terminal acetylenes is 1. The van der Waals surface area contributed by atoms with Crippen LogP contribution in [0, 0.1) is 18.8 Å². The van der Waals surface area contributed by atoms with Crippen LogP contribution in [0.3, 0.4) is 0 Å². The summed E-state index contributed by atoms with van der Waals surface area (Å²) < 4.78 is 82.4. The molecule has 0 saturated carbocycles. The molecule has 0 spiro atoms. The first kappa shape index (κ1) is 76.0. The number of pyridine rings is 2. The standard InChI is InChI=1S/C58H79N9O16S.C2H2.CH4.In.H2O3S/c1-2-40(31-52(69)48(39-84(80,81)82)62-54(71)35-63-21-23-64(36-56(74)75)25-27-66(38-58(78)79)28-26-65(24-22-63)37-57(76)77)51(68)12-6-19-60-53(70)13-7-29-83-45-30-43(33-59-34-45)50(32-55(72)73)67-20-18-46-41(9-5-11-49(46)67)14-16-44-17-15-42-8-3-4-10-47(42)61-44;1-2;;;1-4(2)3/h5,9,11,15,17-18,20,30,33-34,40,48,50H,2-4,6-8,10,12-14,16,19,21-29,31-32,35-39H2,1H3,(H,60,70)(H,62,71)(H,72,73)(H,74,75)(H,76,77)(H,78,79)(H,80,81,82);1-2H;1H4;;(H2,1,2,3)/q;;;+3;/p-4/t40-,48+,50?;;;;/m1..../s1. The Hall–Kier alpha value is -6.73. The second-order valence-electron chi connectivity index (χ2n) is 22.4. The molecule has 4 aromatic rings. The molecule has 4 bridgehead atoms. The number of aliphatic carboxylic acids is 1. The predicted octanol–water partition coefficient (Wildman–Crippen LogP) is 2.23. The topological polar surface area (TPSA) is 376 Å². The van der Waals surface area contributed by atoms with E-state index in [1.165, 1.54) is 30.3 Å². The number of rotatable bonds is 26. The van der Waals surface area contributed by atoms with Crippen LogP contribution in [0.5, 0.6) is 5.75 Å². The molecule has 1 aromatic carbocycles. The molecule has 5 N–H and O–H groups in total. The van der Waals surface area contributed by atoms with Crippen LogP contribution in [-0.4, -0.2) is 239 Å². The van der Waals surface area contributed by atoms with Crippen molar-refractivity contribution in [1.82, 2.24) is 44.8 Å². The number of benzene rings is 1. The molecule has 3 saturated heterocycles. The fraction of sp³-hybridized carbons (Fsp3) is 0.541. The van der Waals surface area contributed by atoms with Crippen LogP contribution in [0.1, 0.15) is 106 Å². The fourth-order valence-electron chi connectivity index (χ4n) is 11.2. The van der Waals surface area contributed by atoms with E-state index in [4.69, 9.17) is 31.6 Å². The average Bonchev–Trinajstić information content (AvgIpc) is 1.62. The molecule has 92 heavy (non-hydrogen) atoms. The van der Waals surface area contributed by atoms with Crippen LogP contribution in [0.2, 0.25) is 0 Å². The van der Waals surface area contributed by atoms with E-state index in [9.17, 15) is 56.4 Å². The molecule has 2 amide bonds. The zero-order valence-corrected chi connectivity index (χ0v) is 55.8. The number of ether oxygens (including phenoxy) is 1. The van der Waals surface area contributed by atoms with Crippen LogP contribution in [0.15, 0.2) is 61.1 Å². The molecule has 8 rings (SSSR count). The van der Waals surface area contributed by atoms with Gasteiger partial charge in [-0.1, -0.05) is 32.5 Å². The Bertz CT molecular complexity index is 3290. The average molecular weight is 1430 g/mol. The van der Waals surface area contributed by atoms with Gasteiger partial charge in [-0.3, -0.25) is 33.7 Å². The summed E-state index contributed by atoms with van der Waals surface area (Å²) in [7, 11) is -4.80. The van der Waals surface area contributed by atoms with E-state index in [0.29, 0.717) is 43.9 Å². The Balaban J connectivity index is 0.00000211. The van der Waals surface area contributed by atoms with Crippen LogP contribution in [0.25, 0.3) is 10.9 Å². The van der Waals surface area contributed by atoms with Crippen molar-refractivity contribution in [1.29, 1.82) is 0 Å². The molecule has 4 aliphatic rings. The Morgan fingerprint density at radius 1 is 0.815 bits per heavy atom. The van der Waals surface area contributed by atoms with Gasteiger partial charge in [-0.25, -0.2) is 4.21 Å². The summed E-state index contributed by atoms with van der Waals surface area (Å²) in [5, 5.41) is 16.3. The number of carbonyl (C=O) groups is 8. The number of carboxylic acid groups (broad SMARTS) is 1. The third kappa shape index (κ3) is 25.6. The number of ketones is 2. The van der Waals surface area contributed by atoms with Gasteiger partial charge >= 0.3 is 201 Å². The first-order chi connectivity index (χ1) is 43.6. The number of aromatic nitrogens is 3. The number of Topliss-reactive ketones (excluding diaryl/α,β-unsaturated/α-hetero) is 2. The second-order valence-corrected chi connectivity index (χ2v) is 27.9. The SMILES string of the molecule is C.C#C.CC[C@H](CC(=O)[C@H](CS(=O)(=O)O)NC(=O)CN1CCN2CCN3CCN(CC1)CC(=O)[O][In]([O]C(=O)C2)[O]C(=O)C3)C(=O)CCCNC(=O)CCCOc1cncc(C(CC(=O)O)n2ccc3c(CCc4ccc5c(n4)CCCC5)cccc32)c1.O=S([O-])O. The van der Waals surface area contributed by atoms with Gasteiger partial charge in [0.2, 0.25) is 5.91 Å². The summed E-state index contributed by atoms with van der Waals surface area (Å²) in [6.45, 7) is 3.59. The van der Waals surface area contributed by atoms with E-state index < -0.39 is 110 Å². The molecule has 6 heterocycles. The minimum atomic E-state index is -4.80. The maximum Gasteiger partial charge on any atom is 0.305 e. The quantitative estimate of drug-likeness (QED) is 0.0260. The van der Waals surface area contributed by atoms with Gasteiger partial charge < -0.3 is 28.8 Å². The van der Waals surface area contributed by atoms with Gasteiger partial charge in [-0.05, 0) is 98.7 Å². The molecule has 3 aliphatic heterocycles. The zero-order chi connectivity index (χ0) is 66.0. The summed E-state index contributed by atoms with van der Waals surface area (Å²) in [5.74, 6) is -6.72. The molecule has 1 aliphatic carbocycles. The summed E-state index contributed by atoms with van der Waals surface area (Å²) >= 11 is -7.20. The van der Waals surface area contributed by atoms with Crippen LogP contribution in [-0.2, 0) is 94.1 Å². The van der Waals surface area contributed by atoms with Crippen molar-refractivity contribution in [3.05, 3.63) is 89.1 Å². The largest absolute Gasteiger partial charge is 0.750 e. The maximum absolute atomic E-state index is 13.7. The van der Waals surface area contributed by atoms with Crippen LogP contribution >= 0.6 is 0 Å². The van der Waals surface area contributed by atoms with Crippen molar-refractivity contribution < 1.29 is 83.0 Å². The predicted molar refractivity (Wildman–Crippen MR) is 337 cm³/mol. The number of hydrogen-bond acceptors (Lipinski definition) is 22. The second kappa shape index (κ2) is 38.5. The third-order valence-corrected chi connectivity index (χ3v) is 20.5. The van der Waals surface area contributed by atoms with Crippen molar-refractivity contribution >= 4 is 102 Å². The van der Waals surface area contributed by atoms with E-state index in [2.05, 4.69) is 46.7 Å². The Labute approximate surface area is 548 Å². The molecular weight excluding hydrogens is 1340 g/mol. The summed E-state index contributed by atoms with van der Waals surface area (Å²) in [5.41, 5.74) is 6.32. The van der Waals surface area contributed by atoms with Crippen molar-refractivity contribution in [2.75, 3.05) is 97.4 Å². The maximum atomic E-state index is 13.7. The molecule has 28 nitrogen and oxygen atoms in total. The summed E-state index contributed by atoms with van der Waals surface area (Å²) in [6, 6.07) is 11.9. The number of carbonyl (C=O) groups excluding carboxylic acids is 7. The zero-order valence-electron chi connectivity index (χ0n) is 50.9. The Kier molecular flexibility index (Phi) is 31.8. The van der Waals surface area contributed by atoms with Crippen molar-refractivity contribution in [3.63, 3.8) is 0 Å². The third-order valence-electron chi connectivity index (χ3n) is 15.8.